The van der Waals surface area contributed by atoms with E-state index in [1.165, 1.54) is 4.88 Å². The summed E-state index contributed by atoms with van der Waals surface area (Å²) < 4.78 is 2.13. The number of rotatable bonds is 5. The lowest BCUT2D eigenvalue weighted by Crippen LogP contribution is -2.30. The second kappa shape index (κ2) is 7.28. The van der Waals surface area contributed by atoms with Crippen molar-refractivity contribution in [1.29, 1.82) is 0 Å². The molecule has 2 aromatic heterocycles. The Kier molecular flexibility index (Phi) is 5.15. The fourth-order valence-corrected chi connectivity index (χ4v) is 4.40. The van der Waals surface area contributed by atoms with Gasteiger partial charge in [-0.15, -0.1) is 21.5 Å². The number of hydrogen-bond donors (Lipinski definition) is 1. The summed E-state index contributed by atoms with van der Waals surface area (Å²) in [7, 11) is 0. The molecule has 5 nitrogen and oxygen atoms in total. The van der Waals surface area contributed by atoms with Gasteiger partial charge in [0.25, 0.3) is 0 Å². The van der Waals surface area contributed by atoms with Crippen LogP contribution in [0.1, 0.15) is 30.0 Å². The molecule has 1 atom stereocenters. The van der Waals surface area contributed by atoms with Crippen molar-refractivity contribution in [1.82, 2.24) is 20.1 Å². The van der Waals surface area contributed by atoms with Crippen LogP contribution >= 0.6 is 23.1 Å². The van der Waals surface area contributed by atoms with Gasteiger partial charge in [-0.2, -0.15) is 0 Å². The quantitative estimate of drug-likeness (QED) is 0.912. The van der Waals surface area contributed by atoms with E-state index in [1.54, 1.807) is 23.1 Å². The second-order valence-electron chi connectivity index (χ2n) is 5.40. The van der Waals surface area contributed by atoms with Crippen molar-refractivity contribution in [3.05, 3.63) is 28.2 Å². The van der Waals surface area contributed by atoms with Crippen LogP contribution in [0.15, 0.2) is 22.7 Å². The van der Waals surface area contributed by atoms with Crippen LogP contribution in [0, 0.1) is 6.92 Å². The van der Waals surface area contributed by atoms with E-state index in [-0.39, 0.29) is 11.2 Å². The van der Waals surface area contributed by atoms with E-state index in [2.05, 4.69) is 37.6 Å². The average Bonchev–Trinajstić information content (AvgIpc) is 3.08. The molecule has 3 rings (SSSR count). The van der Waals surface area contributed by atoms with Gasteiger partial charge in [0, 0.05) is 18.0 Å². The number of carbonyl (C=O) groups excluding carboxylic acids is 1. The van der Waals surface area contributed by atoms with Gasteiger partial charge in [-0.1, -0.05) is 24.2 Å². The van der Waals surface area contributed by atoms with Crippen molar-refractivity contribution in [2.45, 2.75) is 49.6 Å². The predicted molar refractivity (Wildman–Crippen MR) is 89.3 cm³/mol. The van der Waals surface area contributed by atoms with Crippen molar-refractivity contribution in [3.63, 3.8) is 0 Å². The summed E-state index contributed by atoms with van der Waals surface area (Å²) in [6.45, 7) is 3.62. The lowest BCUT2D eigenvalue weighted by atomic mass is 10.2. The van der Waals surface area contributed by atoms with Crippen molar-refractivity contribution in [2.75, 3.05) is 6.54 Å². The first kappa shape index (κ1) is 15.6. The zero-order chi connectivity index (χ0) is 15.4. The Bertz CT molecular complexity index is 624. The number of thioether (sulfide) groups is 1. The molecule has 0 aromatic carbocycles. The van der Waals surface area contributed by atoms with Gasteiger partial charge in [-0.05, 0) is 37.6 Å². The summed E-state index contributed by atoms with van der Waals surface area (Å²) in [6.07, 6.45) is 4.03. The number of aromatic nitrogens is 3. The minimum atomic E-state index is -0.0495. The molecule has 1 amide bonds. The van der Waals surface area contributed by atoms with Crippen LogP contribution in [0.4, 0.5) is 0 Å². The molecule has 7 heteroatoms. The molecule has 1 aliphatic rings. The smallest absolute Gasteiger partial charge is 0.233 e. The largest absolute Gasteiger partial charge is 0.355 e. The number of nitrogens with zero attached hydrogens (tertiary/aromatic N) is 3. The number of carbonyl (C=O) groups is 1. The van der Waals surface area contributed by atoms with Crippen molar-refractivity contribution < 1.29 is 4.79 Å². The van der Waals surface area contributed by atoms with Gasteiger partial charge in [0.05, 0.1) is 5.25 Å². The maximum atomic E-state index is 12.1. The zero-order valence-electron chi connectivity index (χ0n) is 12.6. The summed E-state index contributed by atoms with van der Waals surface area (Å²) in [5.74, 6) is 1.04. The van der Waals surface area contributed by atoms with Crippen LogP contribution in [0.2, 0.25) is 0 Å². The number of hydrogen-bond acceptors (Lipinski definition) is 5. The van der Waals surface area contributed by atoms with E-state index in [9.17, 15) is 4.79 Å². The Balaban J connectivity index is 1.69. The van der Waals surface area contributed by atoms with Crippen LogP contribution in [0.25, 0.3) is 0 Å². The SMILES string of the molecule is Cc1nnc(S[C@H]2CCCCNC2=O)n1CCc1cccs1. The minimum Gasteiger partial charge on any atom is -0.355 e. The Morgan fingerprint density at radius 1 is 1.45 bits per heavy atom. The van der Waals surface area contributed by atoms with Gasteiger partial charge >= 0.3 is 0 Å². The van der Waals surface area contributed by atoms with Crippen molar-refractivity contribution in [3.8, 4) is 0 Å². The first-order chi connectivity index (χ1) is 10.7. The third-order valence-corrected chi connectivity index (χ3v) is 5.98. The molecule has 118 valence electrons. The van der Waals surface area contributed by atoms with Gasteiger partial charge in [-0.3, -0.25) is 4.79 Å². The van der Waals surface area contributed by atoms with Gasteiger partial charge in [0.1, 0.15) is 5.82 Å². The molecule has 1 aliphatic heterocycles. The molecular weight excluding hydrogens is 316 g/mol. The van der Waals surface area contributed by atoms with Gasteiger partial charge in [-0.25, -0.2) is 0 Å². The molecule has 3 heterocycles. The van der Waals surface area contributed by atoms with Crippen LogP contribution in [0.3, 0.4) is 0 Å². The Morgan fingerprint density at radius 2 is 2.36 bits per heavy atom. The third-order valence-electron chi connectivity index (χ3n) is 3.80. The minimum absolute atomic E-state index is 0.0495. The highest BCUT2D eigenvalue weighted by Gasteiger charge is 2.24. The maximum Gasteiger partial charge on any atom is 0.233 e. The zero-order valence-corrected chi connectivity index (χ0v) is 14.3. The van der Waals surface area contributed by atoms with Gasteiger partial charge in [0.15, 0.2) is 5.16 Å². The summed E-state index contributed by atoms with van der Waals surface area (Å²) in [6, 6.07) is 4.22. The normalized spacial score (nSPS) is 19.0. The van der Waals surface area contributed by atoms with E-state index >= 15 is 0 Å². The highest BCUT2D eigenvalue weighted by Crippen LogP contribution is 2.27. The summed E-state index contributed by atoms with van der Waals surface area (Å²) >= 11 is 3.32. The van der Waals surface area contributed by atoms with E-state index in [1.807, 2.05) is 6.92 Å². The molecule has 0 aliphatic carbocycles. The van der Waals surface area contributed by atoms with E-state index in [4.69, 9.17) is 0 Å². The van der Waals surface area contributed by atoms with E-state index in [0.29, 0.717) is 0 Å². The fourth-order valence-electron chi connectivity index (χ4n) is 2.53. The molecule has 1 N–H and O–H groups in total. The first-order valence-corrected chi connectivity index (χ1v) is 9.36. The second-order valence-corrected chi connectivity index (χ2v) is 7.61. The molecular formula is C15H20N4OS2. The summed E-state index contributed by atoms with van der Waals surface area (Å²) in [5.41, 5.74) is 0. The highest BCUT2D eigenvalue weighted by atomic mass is 32.2. The Hall–Kier alpha value is -1.34. The maximum absolute atomic E-state index is 12.1. The van der Waals surface area contributed by atoms with E-state index < -0.39 is 0 Å². The number of amides is 1. The van der Waals surface area contributed by atoms with E-state index in [0.717, 1.165) is 49.8 Å². The molecule has 1 fully saturated rings. The Labute approximate surface area is 138 Å². The monoisotopic (exact) mass is 336 g/mol. The highest BCUT2D eigenvalue weighted by molar-refractivity contribution is 8.00. The average molecular weight is 336 g/mol. The van der Waals surface area contributed by atoms with Crippen molar-refractivity contribution in [2.24, 2.45) is 0 Å². The number of nitrogens with one attached hydrogen (secondary N) is 1. The molecule has 0 saturated carbocycles. The predicted octanol–water partition coefficient (Wildman–Crippen LogP) is 2.65. The fraction of sp³-hybridized carbons (Fsp3) is 0.533. The molecule has 22 heavy (non-hydrogen) atoms. The summed E-state index contributed by atoms with van der Waals surface area (Å²) in [5, 5.41) is 14.4. The van der Waals surface area contributed by atoms with Crippen molar-refractivity contribution >= 4 is 29.0 Å². The lowest BCUT2D eigenvalue weighted by Gasteiger charge is -2.13. The Morgan fingerprint density at radius 3 is 3.18 bits per heavy atom. The topological polar surface area (TPSA) is 59.8 Å². The van der Waals surface area contributed by atoms with Crippen LogP contribution in [0.5, 0.6) is 0 Å². The van der Waals surface area contributed by atoms with Crippen LogP contribution in [-0.2, 0) is 17.8 Å². The lowest BCUT2D eigenvalue weighted by molar-refractivity contribution is -0.120. The van der Waals surface area contributed by atoms with Crippen LogP contribution < -0.4 is 5.32 Å². The van der Waals surface area contributed by atoms with Crippen LogP contribution in [-0.4, -0.2) is 32.5 Å². The molecule has 2 aromatic rings. The third kappa shape index (κ3) is 3.70. The molecule has 0 radical (unpaired) electrons. The summed E-state index contributed by atoms with van der Waals surface area (Å²) in [4.78, 5) is 13.5. The molecule has 0 bridgehead atoms. The first-order valence-electron chi connectivity index (χ1n) is 7.60. The molecule has 1 saturated heterocycles. The number of thiophene rings is 1. The molecule has 0 spiro atoms. The van der Waals surface area contributed by atoms with Gasteiger partial charge < -0.3 is 9.88 Å². The standard InChI is InChI=1S/C15H20N4OS2/c1-11-17-18-15(19(11)9-7-12-5-4-10-21-12)22-13-6-2-3-8-16-14(13)20/h4-5,10,13H,2-3,6-9H2,1H3,(H,16,20)/t13-/m0/s1. The molecule has 0 unspecified atom stereocenters. The number of aryl methyl sites for hydroxylation is 2. The van der Waals surface area contributed by atoms with Gasteiger partial charge in [0.2, 0.25) is 5.91 Å².